The highest BCUT2D eigenvalue weighted by atomic mass is 19.1. The first kappa shape index (κ1) is 10.6. The Bertz CT molecular complexity index is 361. The van der Waals surface area contributed by atoms with E-state index in [4.69, 9.17) is 4.74 Å². The van der Waals surface area contributed by atoms with Crippen LogP contribution in [0.2, 0.25) is 0 Å². The minimum atomic E-state index is -0.187. The molecule has 1 aromatic carbocycles. The van der Waals surface area contributed by atoms with Crippen molar-refractivity contribution in [1.82, 2.24) is 5.32 Å². The summed E-state index contributed by atoms with van der Waals surface area (Å²) in [5.74, 6) is -0.187. The Balaban J connectivity index is 1.98. The van der Waals surface area contributed by atoms with Crippen LogP contribution in [0.4, 0.5) is 4.39 Å². The predicted molar refractivity (Wildman–Crippen MR) is 57.2 cm³/mol. The van der Waals surface area contributed by atoms with Gasteiger partial charge in [0.25, 0.3) is 0 Å². The van der Waals surface area contributed by atoms with E-state index in [1.807, 2.05) is 6.92 Å². The Labute approximate surface area is 89.4 Å². The molecule has 0 aromatic heterocycles. The maximum absolute atomic E-state index is 12.8. The normalized spacial score (nSPS) is 18.6. The molecule has 0 atom stereocenters. The molecule has 1 aromatic rings. The molecule has 0 radical (unpaired) electrons. The fourth-order valence-electron chi connectivity index (χ4n) is 1.65. The van der Waals surface area contributed by atoms with Crippen molar-refractivity contribution < 1.29 is 9.13 Å². The number of halogens is 1. The lowest BCUT2D eigenvalue weighted by Gasteiger charge is -2.39. The summed E-state index contributed by atoms with van der Waals surface area (Å²) in [6, 6.07) is 4.81. The molecule has 1 aliphatic rings. The summed E-state index contributed by atoms with van der Waals surface area (Å²) >= 11 is 0. The standard InChI is InChI=1S/C12H16FNO/c1-9-5-11(13)4-3-10(9)6-15-12(2)7-14-8-12/h3-5,14H,6-8H2,1-2H3. The maximum atomic E-state index is 12.8. The van der Waals surface area contributed by atoms with E-state index >= 15 is 0 Å². The van der Waals surface area contributed by atoms with Gasteiger partial charge in [0.15, 0.2) is 0 Å². The lowest BCUT2D eigenvalue weighted by Crippen LogP contribution is -2.58. The second kappa shape index (κ2) is 3.91. The van der Waals surface area contributed by atoms with Crippen LogP contribution in [-0.2, 0) is 11.3 Å². The van der Waals surface area contributed by atoms with Gasteiger partial charge in [-0.1, -0.05) is 6.07 Å². The van der Waals surface area contributed by atoms with Gasteiger partial charge >= 0.3 is 0 Å². The number of hydrogen-bond acceptors (Lipinski definition) is 2. The van der Waals surface area contributed by atoms with Crippen molar-refractivity contribution in [3.63, 3.8) is 0 Å². The molecule has 1 fully saturated rings. The molecule has 1 N–H and O–H groups in total. The zero-order chi connectivity index (χ0) is 10.9. The van der Waals surface area contributed by atoms with E-state index < -0.39 is 0 Å². The van der Waals surface area contributed by atoms with Gasteiger partial charge in [-0.15, -0.1) is 0 Å². The predicted octanol–water partition coefficient (Wildman–Crippen LogP) is 2.01. The highest BCUT2D eigenvalue weighted by Gasteiger charge is 2.32. The van der Waals surface area contributed by atoms with Crippen LogP contribution >= 0.6 is 0 Å². The van der Waals surface area contributed by atoms with Gasteiger partial charge in [-0.25, -0.2) is 4.39 Å². The van der Waals surface area contributed by atoms with Crippen LogP contribution in [0.1, 0.15) is 18.1 Å². The first-order chi connectivity index (χ1) is 7.09. The summed E-state index contributed by atoms with van der Waals surface area (Å²) in [5, 5.41) is 3.18. The van der Waals surface area contributed by atoms with Crippen molar-refractivity contribution in [2.24, 2.45) is 0 Å². The molecule has 15 heavy (non-hydrogen) atoms. The van der Waals surface area contributed by atoms with Crippen molar-refractivity contribution in [2.75, 3.05) is 13.1 Å². The van der Waals surface area contributed by atoms with Gasteiger partial charge in [-0.2, -0.15) is 0 Å². The molecule has 0 aliphatic carbocycles. The van der Waals surface area contributed by atoms with Gasteiger partial charge in [-0.3, -0.25) is 0 Å². The second-order valence-corrected chi connectivity index (χ2v) is 4.41. The van der Waals surface area contributed by atoms with Gasteiger partial charge in [0.2, 0.25) is 0 Å². The average molecular weight is 209 g/mol. The van der Waals surface area contributed by atoms with Gasteiger partial charge in [-0.05, 0) is 37.1 Å². The Hall–Kier alpha value is -0.930. The van der Waals surface area contributed by atoms with Crippen molar-refractivity contribution in [3.05, 3.63) is 35.1 Å². The molecule has 0 bridgehead atoms. The van der Waals surface area contributed by atoms with Gasteiger partial charge < -0.3 is 10.1 Å². The SMILES string of the molecule is Cc1cc(F)ccc1COC1(C)CNC1. The summed E-state index contributed by atoms with van der Waals surface area (Å²) in [7, 11) is 0. The number of nitrogens with one attached hydrogen (secondary N) is 1. The van der Waals surface area contributed by atoms with Crippen molar-refractivity contribution in [3.8, 4) is 0 Å². The minimum Gasteiger partial charge on any atom is -0.368 e. The maximum Gasteiger partial charge on any atom is 0.123 e. The molecule has 0 unspecified atom stereocenters. The number of hydrogen-bond donors (Lipinski definition) is 1. The summed E-state index contributed by atoms with van der Waals surface area (Å²) in [4.78, 5) is 0. The van der Waals surface area contributed by atoms with E-state index in [0.29, 0.717) is 6.61 Å². The molecule has 1 saturated heterocycles. The number of aryl methyl sites for hydroxylation is 1. The van der Waals surface area contributed by atoms with E-state index in [1.54, 1.807) is 12.1 Å². The molecule has 0 saturated carbocycles. The third-order valence-corrected chi connectivity index (χ3v) is 2.88. The number of rotatable bonds is 3. The van der Waals surface area contributed by atoms with Crippen LogP contribution in [0, 0.1) is 12.7 Å². The quantitative estimate of drug-likeness (QED) is 0.822. The smallest absolute Gasteiger partial charge is 0.123 e. The Kier molecular flexibility index (Phi) is 2.76. The molecule has 0 amide bonds. The fourth-order valence-corrected chi connectivity index (χ4v) is 1.65. The Morgan fingerprint density at radius 3 is 2.73 bits per heavy atom. The lowest BCUT2D eigenvalue weighted by atomic mass is 10.00. The van der Waals surface area contributed by atoms with Crippen LogP contribution < -0.4 is 5.32 Å². The molecule has 2 nitrogen and oxygen atoms in total. The van der Waals surface area contributed by atoms with E-state index in [2.05, 4.69) is 12.2 Å². The van der Waals surface area contributed by atoms with Gasteiger partial charge in [0.05, 0.1) is 12.2 Å². The zero-order valence-electron chi connectivity index (χ0n) is 9.14. The minimum absolute atomic E-state index is 0.0408. The molecule has 0 spiro atoms. The number of ether oxygens (including phenoxy) is 1. The van der Waals surface area contributed by atoms with E-state index in [1.165, 1.54) is 6.07 Å². The third kappa shape index (κ3) is 2.36. The summed E-state index contributed by atoms with van der Waals surface area (Å²) in [6.07, 6.45) is 0. The molecular weight excluding hydrogens is 193 g/mol. The highest BCUT2D eigenvalue weighted by molar-refractivity contribution is 5.25. The van der Waals surface area contributed by atoms with E-state index in [9.17, 15) is 4.39 Å². The van der Waals surface area contributed by atoms with Crippen LogP contribution in [0.15, 0.2) is 18.2 Å². The zero-order valence-corrected chi connectivity index (χ0v) is 9.14. The lowest BCUT2D eigenvalue weighted by molar-refractivity contribution is -0.0768. The van der Waals surface area contributed by atoms with Crippen LogP contribution in [0.5, 0.6) is 0 Å². The first-order valence-electron chi connectivity index (χ1n) is 5.19. The molecule has 1 aliphatic heterocycles. The summed E-state index contributed by atoms with van der Waals surface area (Å²) < 4.78 is 18.6. The molecule has 2 rings (SSSR count). The molecule has 82 valence electrons. The topological polar surface area (TPSA) is 21.3 Å². The van der Waals surface area contributed by atoms with Gasteiger partial charge in [0.1, 0.15) is 5.82 Å². The Morgan fingerprint density at radius 1 is 1.47 bits per heavy atom. The van der Waals surface area contributed by atoms with Crippen LogP contribution in [0.25, 0.3) is 0 Å². The second-order valence-electron chi connectivity index (χ2n) is 4.41. The monoisotopic (exact) mass is 209 g/mol. The van der Waals surface area contributed by atoms with Crippen LogP contribution in [-0.4, -0.2) is 18.7 Å². The van der Waals surface area contributed by atoms with Crippen molar-refractivity contribution >= 4 is 0 Å². The van der Waals surface area contributed by atoms with Crippen molar-refractivity contribution in [1.29, 1.82) is 0 Å². The first-order valence-corrected chi connectivity index (χ1v) is 5.19. The van der Waals surface area contributed by atoms with E-state index in [-0.39, 0.29) is 11.4 Å². The fraction of sp³-hybridized carbons (Fsp3) is 0.500. The Morgan fingerprint density at radius 2 is 2.20 bits per heavy atom. The van der Waals surface area contributed by atoms with Crippen LogP contribution in [0.3, 0.4) is 0 Å². The third-order valence-electron chi connectivity index (χ3n) is 2.88. The molecule has 1 heterocycles. The molecule has 3 heteroatoms. The summed E-state index contributed by atoms with van der Waals surface area (Å²) in [6.45, 7) is 6.34. The van der Waals surface area contributed by atoms with Crippen molar-refractivity contribution in [2.45, 2.75) is 26.1 Å². The average Bonchev–Trinajstić information content (AvgIpc) is 2.14. The molecular formula is C12H16FNO. The highest BCUT2D eigenvalue weighted by Crippen LogP contribution is 2.19. The number of benzene rings is 1. The van der Waals surface area contributed by atoms with Gasteiger partial charge in [0, 0.05) is 13.1 Å². The van der Waals surface area contributed by atoms with E-state index in [0.717, 1.165) is 24.2 Å². The summed E-state index contributed by atoms with van der Waals surface area (Å²) in [5.41, 5.74) is 1.97. The largest absolute Gasteiger partial charge is 0.368 e.